The maximum atomic E-state index is 12.7. The van der Waals surface area contributed by atoms with Crippen LogP contribution in [0.5, 0.6) is 0 Å². The lowest BCUT2D eigenvalue weighted by Crippen LogP contribution is -2.47. The number of rotatable bonds is 3. The lowest BCUT2D eigenvalue weighted by atomic mass is 9.95. The number of carbonyl (C=O) groups is 1. The van der Waals surface area contributed by atoms with Crippen molar-refractivity contribution in [2.45, 2.75) is 39.3 Å². The molecule has 1 saturated heterocycles. The number of methoxy groups -OCH3 is 1. The molecule has 1 aromatic heterocycles. The van der Waals surface area contributed by atoms with Gasteiger partial charge in [-0.2, -0.15) is 0 Å². The fraction of sp³-hybridized carbons (Fsp3) is 0.667. The molecule has 0 saturated carbocycles. The third kappa shape index (κ3) is 3.09. The van der Waals surface area contributed by atoms with Crippen LogP contribution in [0.15, 0.2) is 16.7 Å². The fourth-order valence-electron chi connectivity index (χ4n) is 2.73. The predicted molar refractivity (Wildman–Crippen MR) is 83.0 cm³/mol. The first kappa shape index (κ1) is 15.6. The number of hydrogen-bond acceptors (Lipinski definition) is 2. The molecule has 112 valence electrons. The number of nitrogens with zero attached hydrogens (tertiary/aromatic N) is 2. The molecule has 1 aliphatic heterocycles. The standard InChI is InChI=1S/C15H23BrN2O2/c1-10(2)18-8-12(16)7-13(18)15(19)17-6-5-11(3)14(9-17)20-4/h7-8,10-11,14H,5-6,9H2,1-4H3. The van der Waals surface area contributed by atoms with Crippen LogP contribution in [0.3, 0.4) is 0 Å². The summed E-state index contributed by atoms with van der Waals surface area (Å²) < 4.78 is 8.46. The van der Waals surface area contributed by atoms with Gasteiger partial charge in [0.25, 0.3) is 5.91 Å². The Bertz CT molecular complexity index is 484. The number of halogens is 1. The molecule has 0 aliphatic carbocycles. The van der Waals surface area contributed by atoms with Crippen LogP contribution in [0.2, 0.25) is 0 Å². The zero-order valence-electron chi connectivity index (χ0n) is 12.6. The summed E-state index contributed by atoms with van der Waals surface area (Å²) in [7, 11) is 1.72. The first-order chi connectivity index (χ1) is 9.43. The Labute approximate surface area is 129 Å². The van der Waals surface area contributed by atoms with E-state index in [0.717, 1.165) is 23.1 Å². The minimum absolute atomic E-state index is 0.0957. The van der Waals surface area contributed by atoms with Crippen LogP contribution in [0.4, 0.5) is 0 Å². The molecule has 1 aliphatic rings. The third-order valence-electron chi connectivity index (χ3n) is 4.07. The smallest absolute Gasteiger partial charge is 0.270 e. The van der Waals surface area contributed by atoms with Gasteiger partial charge in [0.1, 0.15) is 5.69 Å². The number of hydrogen-bond donors (Lipinski definition) is 0. The summed E-state index contributed by atoms with van der Waals surface area (Å²) in [6.07, 6.45) is 3.10. The molecule has 2 unspecified atom stereocenters. The second kappa shape index (κ2) is 6.31. The van der Waals surface area contributed by atoms with Crippen LogP contribution in [0, 0.1) is 5.92 Å². The Morgan fingerprint density at radius 2 is 2.20 bits per heavy atom. The number of piperidine rings is 1. The summed E-state index contributed by atoms with van der Waals surface area (Å²) in [5.41, 5.74) is 0.747. The van der Waals surface area contributed by atoms with Crippen LogP contribution in [-0.2, 0) is 4.74 Å². The first-order valence-electron chi connectivity index (χ1n) is 7.13. The summed E-state index contributed by atoms with van der Waals surface area (Å²) >= 11 is 3.46. The lowest BCUT2D eigenvalue weighted by molar-refractivity contribution is -0.00197. The van der Waals surface area contributed by atoms with E-state index in [-0.39, 0.29) is 18.1 Å². The number of carbonyl (C=O) groups excluding carboxylic acids is 1. The third-order valence-corrected chi connectivity index (χ3v) is 4.50. The Balaban J connectivity index is 2.19. The van der Waals surface area contributed by atoms with Gasteiger partial charge in [0.2, 0.25) is 0 Å². The number of aromatic nitrogens is 1. The molecule has 4 nitrogen and oxygen atoms in total. The number of amides is 1. The van der Waals surface area contributed by atoms with Crippen molar-refractivity contribution >= 4 is 21.8 Å². The van der Waals surface area contributed by atoms with E-state index in [0.29, 0.717) is 12.5 Å². The van der Waals surface area contributed by atoms with Crippen molar-refractivity contribution in [1.29, 1.82) is 0 Å². The van der Waals surface area contributed by atoms with Gasteiger partial charge in [-0.25, -0.2) is 0 Å². The van der Waals surface area contributed by atoms with Crippen molar-refractivity contribution in [3.63, 3.8) is 0 Å². The highest BCUT2D eigenvalue weighted by Gasteiger charge is 2.30. The number of ether oxygens (including phenoxy) is 1. The van der Waals surface area contributed by atoms with Gasteiger partial charge < -0.3 is 14.2 Å². The van der Waals surface area contributed by atoms with Gasteiger partial charge in [-0.3, -0.25) is 4.79 Å². The average Bonchev–Trinajstić information content (AvgIpc) is 2.81. The molecule has 0 aromatic carbocycles. The molecule has 0 radical (unpaired) electrons. The maximum absolute atomic E-state index is 12.7. The molecular formula is C15H23BrN2O2. The van der Waals surface area contributed by atoms with E-state index in [1.807, 2.05) is 21.7 Å². The second-order valence-corrected chi connectivity index (χ2v) is 6.75. The Morgan fingerprint density at radius 3 is 2.80 bits per heavy atom. The van der Waals surface area contributed by atoms with Crippen LogP contribution in [0.1, 0.15) is 43.7 Å². The van der Waals surface area contributed by atoms with E-state index < -0.39 is 0 Å². The minimum atomic E-state index is 0.0957. The molecule has 2 rings (SSSR count). The highest BCUT2D eigenvalue weighted by molar-refractivity contribution is 9.10. The van der Waals surface area contributed by atoms with E-state index in [9.17, 15) is 4.79 Å². The highest BCUT2D eigenvalue weighted by Crippen LogP contribution is 2.24. The van der Waals surface area contributed by atoms with Crippen molar-refractivity contribution in [3.05, 3.63) is 22.4 Å². The topological polar surface area (TPSA) is 34.5 Å². The van der Waals surface area contributed by atoms with Gasteiger partial charge in [0.05, 0.1) is 6.10 Å². The summed E-state index contributed by atoms with van der Waals surface area (Å²) in [4.78, 5) is 14.6. The Kier molecular flexibility index (Phi) is 4.91. The van der Waals surface area contributed by atoms with Crippen molar-refractivity contribution in [2.75, 3.05) is 20.2 Å². The van der Waals surface area contributed by atoms with Gasteiger partial charge >= 0.3 is 0 Å². The van der Waals surface area contributed by atoms with Crippen molar-refractivity contribution in [1.82, 2.24) is 9.47 Å². The van der Waals surface area contributed by atoms with Crippen LogP contribution < -0.4 is 0 Å². The molecule has 0 N–H and O–H groups in total. The average molecular weight is 343 g/mol. The summed E-state index contributed by atoms with van der Waals surface area (Å²) in [5.74, 6) is 0.603. The first-order valence-corrected chi connectivity index (χ1v) is 7.92. The van der Waals surface area contributed by atoms with E-state index >= 15 is 0 Å². The van der Waals surface area contributed by atoms with Crippen molar-refractivity contribution in [2.24, 2.45) is 5.92 Å². The second-order valence-electron chi connectivity index (χ2n) is 5.84. The van der Waals surface area contributed by atoms with E-state index in [2.05, 4.69) is 36.7 Å². The van der Waals surface area contributed by atoms with E-state index in [1.54, 1.807) is 7.11 Å². The molecular weight excluding hydrogens is 320 g/mol. The minimum Gasteiger partial charge on any atom is -0.379 e. The Morgan fingerprint density at radius 1 is 1.50 bits per heavy atom. The van der Waals surface area contributed by atoms with Crippen LogP contribution in [0.25, 0.3) is 0 Å². The summed E-state index contributed by atoms with van der Waals surface area (Å²) in [6.45, 7) is 7.83. The molecule has 2 atom stereocenters. The molecule has 20 heavy (non-hydrogen) atoms. The zero-order valence-corrected chi connectivity index (χ0v) is 14.2. The van der Waals surface area contributed by atoms with Gasteiger partial charge in [0.15, 0.2) is 0 Å². The van der Waals surface area contributed by atoms with Gasteiger partial charge in [-0.05, 0) is 48.2 Å². The van der Waals surface area contributed by atoms with Crippen LogP contribution >= 0.6 is 15.9 Å². The van der Waals surface area contributed by atoms with E-state index in [1.165, 1.54) is 0 Å². The fourth-order valence-corrected chi connectivity index (χ4v) is 3.17. The monoisotopic (exact) mass is 342 g/mol. The SMILES string of the molecule is COC1CN(C(=O)c2cc(Br)cn2C(C)C)CCC1C. The molecule has 0 bridgehead atoms. The van der Waals surface area contributed by atoms with Crippen molar-refractivity contribution in [3.8, 4) is 0 Å². The predicted octanol–water partition coefficient (Wildman–Crippen LogP) is 3.33. The molecule has 1 amide bonds. The number of likely N-dealkylation sites (tertiary alicyclic amines) is 1. The molecule has 5 heteroatoms. The molecule has 0 spiro atoms. The lowest BCUT2D eigenvalue weighted by Gasteiger charge is -2.36. The van der Waals surface area contributed by atoms with Gasteiger partial charge in [0, 0.05) is 36.9 Å². The van der Waals surface area contributed by atoms with Gasteiger partial charge in [-0.1, -0.05) is 6.92 Å². The Hall–Kier alpha value is -0.810. The van der Waals surface area contributed by atoms with E-state index in [4.69, 9.17) is 4.74 Å². The van der Waals surface area contributed by atoms with Gasteiger partial charge in [-0.15, -0.1) is 0 Å². The zero-order chi connectivity index (χ0) is 14.9. The van der Waals surface area contributed by atoms with Crippen molar-refractivity contribution < 1.29 is 9.53 Å². The molecule has 1 fully saturated rings. The largest absolute Gasteiger partial charge is 0.379 e. The summed E-state index contributed by atoms with van der Waals surface area (Å²) in [6, 6.07) is 2.17. The van der Waals surface area contributed by atoms with Crippen LogP contribution in [-0.4, -0.2) is 41.7 Å². The maximum Gasteiger partial charge on any atom is 0.270 e. The highest BCUT2D eigenvalue weighted by atomic mass is 79.9. The quantitative estimate of drug-likeness (QED) is 0.844. The molecule has 2 heterocycles. The molecule has 1 aromatic rings. The normalized spacial score (nSPS) is 23.4. The summed E-state index contributed by atoms with van der Waals surface area (Å²) in [5, 5.41) is 0.